The fraction of sp³-hybridized carbons (Fsp3) is 0.600. The molecule has 0 atom stereocenters. The molecule has 0 saturated carbocycles. The van der Waals surface area contributed by atoms with E-state index < -0.39 is 14.1 Å². The molecule has 0 unspecified atom stereocenters. The molecule has 0 aromatic carbocycles. The lowest BCUT2D eigenvalue weighted by molar-refractivity contribution is 0.264. The summed E-state index contributed by atoms with van der Waals surface area (Å²) in [4.78, 5) is 7.92. The van der Waals surface area contributed by atoms with Gasteiger partial charge in [0.2, 0.25) is 0 Å². The fourth-order valence-corrected chi connectivity index (χ4v) is 2.25. The predicted molar refractivity (Wildman–Crippen MR) is 103 cm³/mol. The summed E-state index contributed by atoms with van der Waals surface area (Å²) < 4.78 is 3.92. The van der Waals surface area contributed by atoms with Gasteiger partial charge in [-0.25, -0.2) is 9.97 Å². The highest BCUT2D eigenvalue weighted by Gasteiger charge is 2.02. The van der Waals surface area contributed by atoms with Crippen LogP contribution in [0.15, 0.2) is 31.1 Å². The molecular weight excluding hydrogens is 334 g/mol. The number of aliphatic hydroxyl groups is 1. The number of nitrogens with zero attached hydrogens (tertiary/aromatic N) is 4. The lowest BCUT2D eigenvalue weighted by Gasteiger charge is -2.07. The van der Waals surface area contributed by atoms with Gasteiger partial charge in [0.05, 0.1) is 6.33 Å². The molecule has 0 aliphatic heterocycles. The monoisotopic (exact) mass is 364 g/mol. The van der Waals surface area contributed by atoms with Gasteiger partial charge < -0.3 is 34.7 Å². The van der Waals surface area contributed by atoms with Crippen molar-refractivity contribution in [1.29, 1.82) is 0 Å². The van der Waals surface area contributed by atoms with Crippen LogP contribution >= 0.6 is 0 Å². The second-order valence-corrected chi connectivity index (χ2v) is 5.96. The first-order valence-corrected chi connectivity index (χ1v) is 8.92. The van der Waals surface area contributed by atoms with Gasteiger partial charge >= 0.3 is 14.1 Å². The maximum absolute atomic E-state index is 8.94. The van der Waals surface area contributed by atoms with Crippen LogP contribution in [0.5, 0.6) is 0 Å². The van der Waals surface area contributed by atoms with Crippen LogP contribution in [0.25, 0.3) is 0 Å². The first-order chi connectivity index (χ1) is 12.5. The number of nitrogens with one attached hydrogen (secondary N) is 2. The van der Waals surface area contributed by atoms with Crippen molar-refractivity contribution in [1.82, 2.24) is 29.6 Å². The zero-order valence-electron chi connectivity index (χ0n) is 15.6. The standard InChI is InChI=1S/C8H16BN3O2.C7H14BN3O/c1-9(14)11-3-2-5-12-6-4-10-8(12)7-13;1-8(12)10-3-2-5-11-6-4-9-7-11/h4,6,11,13-14H,2-3,5,7H2,1H3;4,6-7,10,12H,2-3,5H2,1H3. The highest BCUT2D eigenvalue weighted by atomic mass is 16.3. The Labute approximate surface area is 155 Å². The molecule has 0 bridgehead atoms. The van der Waals surface area contributed by atoms with E-state index in [1.54, 1.807) is 32.4 Å². The Morgan fingerprint density at radius 3 is 2.19 bits per heavy atom. The average Bonchev–Trinajstić information content (AvgIpc) is 3.27. The van der Waals surface area contributed by atoms with Crippen LogP contribution in [0.3, 0.4) is 0 Å². The molecule has 0 aliphatic carbocycles. The van der Waals surface area contributed by atoms with E-state index in [4.69, 9.17) is 15.2 Å². The third-order valence-electron chi connectivity index (χ3n) is 3.55. The van der Waals surface area contributed by atoms with E-state index in [-0.39, 0.29) is 6.61 Å². The summed E-state index contributed by atoms with van der Waals surface area (Å²) in [7, 11) is -0.872. The summed E-state index contributed by atoms with van der Waals surface area (Å²) in [6.45, 7) is 6.70. The molecular formula is C15H30B2N6O3. The van der Waals surface area contributed by atoms with Gasteiger partial charge in [-0.2, -0.15) is 0 Å². The third kappa shape index (κ3) is 10.4. The summed E-state index contributed by atoms with van der Waals surface area (Å²) in [6.07, 6.45) is 10.9. The van der Waals surface area contributed by atoms with Gasteiger partial charge in [-0.05, 0) is 39.6 Å². The van der Waals surface area contributed by atoms with E-state index in [2.05, 4.69) is 20.4 Å². The van der Waals surface area contributed by atoms with Gasteiger partial charge in [-0.1, -0.05) is 0 Å². The molecule has 11 heteroatoms. The van der Waals surface area contributed by atoms with Crippen molar-refractivity contribution in [3.05, 3.63) is 36.9 Å². The molecule has 0 aliphatic rings. The van der Waals surface area contributed by atoms with Gasteiger partial charge in [0, 0.05) is 37.9 Å². The van der Waals surface area contributed by atoms with Gasteiger partial charge in [0.1, 0.15) is 12.4 Å². The topological polar surface area (TPSA) is 120 Å². The number of aryl methyl sites for hydroxylation is 2. The molecule has 0 fully saturated rings. The van der Waals surface area contributed by atoms with Crippen LogP contribution < -0.4 is 10.5 Å². The molecule has 0 amide bonds. The van der Waals surface area contributed by atoms with Gasteiger partial charge in [0.15, 0.2) is 0 Å². The largest absolute Gasteiger partial charge is 0.437 e. The normalized spacial score (nSPS) is 10.3. The van der Waals surface area contributed by atoms with Crippen molar-refractivity contribution in [3.63, 3.8) is 0 Å². The fourth-order valence-electron chi connectivity index (χ4n) is 2.25. The molecule has 2 aromatic rings. The second kappa shape index (κ2) is 13.5. The average molecular weight is 364 g/mol. The minimum atomic E-state index is -0.463. The summed E-state index contributed by atoms with van der Waals surface area (Å²) >= 11 is 0. The van der Waals surface area contributed by atoms with Crippen LogP contribution in [-0.4, -0.2) is 61.4 Å². The number of aromatic nitrogens is 4. The van der Waals surface area contributed by atoms with Crippen LogP contribution in [0.4, 0.5) is 0 Å². The molecule has 2 heterocycles. The van der Waals surface area contributed by atoms with Crippen molar-refractivity contribution < 1.29 is 15.2 Å². The Balaban J connectivity index is 0.000000263. The van der Waals surface area contributed by atoms with E-state index in [1.807, 2.05) is 21.5 Å². The molecule has 9 nitrogen and oxygen atoms in total. The van der Waals surface area contributed by atoms with Crippen molar-refractivity contribution in [2.24, 2.45) is 0 Å². The lowest BCUT2D eigenvalue weighted by atomic mass is 9.89. The number of rotatable bonds is 11. The Bertz CT molecular complexity index is 565. The van der Waals surface area contributed by atoms with Crippen LogP contribution in [-0.2, 0) is 19.7 Å². The smallest absolute Gasteiger partial charge is 0.373 e. The maximum atomic E-state index is 8.94. The van der Waals surface area contributed by atoms with Crippen molar-refractivity contribution in [2.45, 2.75) is 46.2 Å². The first kappa shape index (κ1) is 22.4. The third-order valence-corrected chi connectivity index (χ3v) is 3.55. The Hall–Kier alpha value is -1.65. The van der Waals surface area contributed by atoms with Crippen molar-refractivity contribution >= 4 is 14.1 Å². The molecule has 5 N–H and O–H groups in total. The minimum absolute atomic E-state index is 0.0309. The van der Waals surface area contributed by atoms with E-state index in [0.29, 0.717) is 5.82 Å². The zero-order valence-corrected chi connectivity index (χ0v) is 15.6. The molecule has 2 rings (SSSR count). The predicted octanol–water partition coefficient (Wildman–Crippen LogP) is -0.561. The highest BCUT2D eigenvalue weighted by Crippen LogP contribution is 1.98. The SMILES string of the molecule is CB(O)NCCCn1ccnc1.CB(O)NCCCn1ccnc1CO. The highest BCUT2D eigenvalue weighted by molar-refractivity contribution is 6.45. The van der Waals surface area contributed by atoms with Gasteiger partial charge in [-0.3, -0.25) is 0 Å². The summed E-state index contributed by atoms with van der Waals surface area (Å²) in [5.41, 5.74) is 0. The Morgan fingerprint density at radius 1 is 1.00 bits per heavy atom. The van der Waals surface area contributed by atoms with E-state index in [0.717, 1.165) is 39.0 Å². The number of hydrogen-bond donors (Lipinski definition) is 5. The van der Waals surface area contributed by atoms with E-state index in [1.165, 1.54) is 0 Å². The first-order valence-electron chi connectivity index (χ1n) is 8.92. The van der Waals surface area contributed by atoms with Crippen LogP contribution in [0, 0.1) is 0 Å². The molecule has 144 valence electrons. The zero-order chi connectivity index (χ0) is 19.2. The van der Waals surface area contributed by atoms with Gasteiger partial charge in [-0.15, -0.1) is 0 Å². The molecule has 2 aromatic heterocycles. The number of hydrogen-bond acceptors (Lipinski definition) is 7. The Kier molecular flexibility index (Phi) is 11.7. The molecule has 0 saturated heterocycles. The molecule has 0 radical (unpaired) electrons. The van der Waals surface area contributed by atoms with Crippen LogP contribution in [0.1, 0.15) is 18.7 Å². The lowest BCUT2D eigenvalue weighted by Crippen LogP contribution is -2.31. The number of aliphatic hydroxyl groups excluding tert-OH is 1. The summed E-state index contributed by atoms with van der Waals surface area (Å²) in [5.74, 6) is 0.682. The molecule has 26 heavy (non-hydrogen) atoms. The number of imidazole rings is 2. The van der Waals surface area contributed by atoms with Crippen LogP contribution in [0.2, 0.25) is 13.6 Å². The van der Waals surface area contributed by atoms with Gasteiger partial charge in [0.25, 0.3) is 0 Å². The summed E-state index contributed by atoms with van der Waals surface area (Å²) in [6, 6.07) is 0. The minimum Gasteiger partial charge on any atom is -0.437 e. The maximum Gasteiger partial charge on any atom is 0.373 e. The van der Waals surface area contributed by atoms with Crippen molar-refractivity contribution in [2.75, 3.05) is 13.1 Å². The van der Waals surface area contributed by atoms with Crippen molar-refractivity contribution in [3.8, 4) is 0 Å². The van der Waals surface area contributed by atoms with E-state index in [9.17, 15) is 0 Å². The molecule has 0 spiro atoms. The quantitative estimate of drug-likeness (QED) is 0.268. The second-order valence-electron chi connectivity index (χ2n) is 5.96. The van der Waals surface area contributed by atoms with E-state index >= 15 is 0 Å². The summed E-state index contributed by atoms with van der Waals surface area (Å²) in [5, 5.41) is 32.6. The Morgan fingerprint density at radius 2 is 1.65 bits per heavy atom.